The third-order valence-corrected chi connectivity index (χ3v) is 4.80. The molecular formula is C17H14BrF4N5O. The molecule has 0 spiro atoms. The maximum atomic E-state index is 13.7. The largest absolute Gasteiger partial charge is 0.309 e. The summed E-state index contributed by atoms with van der Waals surface area (Å²) in [4.78, 5) is 12.0. The molecule has 1 amide bonds. The van der Waals surface area contributed by atoms with Crippen molar-refractivity contribution >= 4 is 27.7 Å². The van der Waals surface area contributed by atoms with E-state index >= 15 is 0 Å². The predicted octanol–water partition coefficient (Wildman–Crippen LogP) is 3.78. The van der Waals surface area contributed by atoms with Crippen molar-refractivity contribution in [1.82, 2.24) is 19.6 Å². The molecule has 0 saturated carbocycles. The van der Waals surface area contributed by atoms with Crippen LogP contribution in [-0.2, 0) is 17.9 Å². The lowest BCUT2D eigenvalue weighted by molar-refractivity contribution is -0.116. The first-order chi connectivity index (χ1) is 13.3. The molecule has 0 unspecified atom stereocenters. The van der Waals surface area contributed by atoms with Crippen molar-refractivity contribution < 1.29 is 22.4 Å². The van der Waals surface area contributed by atoms with E-state index in [1.807, 2.05) is 6.92 Å². The zero-order valence-corrected chi connectivity index (χ0v) is 16.1. The molecule has 0 bridgehead atoms. The Hall–Kier alpha value is -2.69. The number of amides is 1. The molecule has 0 fully saturated rings. The van der Waals surface area contributed by atoms with E-state index in [9.17, 15) is 22.4 Å². The highest BCUT2D eigenvalue weighted by atomic mass is 79.9. The average molecular weight is 460 g/mol. The lowest BCUT2D eigenvalue weighted by atomic mass is 10.2. The van der Waals surface area contributed by atoms with Crippen LogP contribution >= 0.6 is 15.9 Å². The standard InChI is InChI=1S/C17H14BrF4N5O/c1-9-11(18)7-23-27(9)5-3-15(28)24-14-2-4-26(25-14)8-10-16(21)12(19)6-13(20)17(10)22/h2,4,6-7H,3,5,8H2,1H3,(H,24,25,28). The van der Waals surface area contributed by atoms with Crippen LogP contribution in [0.4, 0.5) is 23.4 Å². The minimum Gasteiger partial charge on any atom is -0.309 e. The van der Waals surface area contributed by atoms with Crippen molar-refractivity contribution in [2.75, 3.05) is 5.32 Å². The quantitative estimate of drug-likeness (QED) is 0.450. The molecule has 28 heavy (non-hydrogen) atoms. The van der Waals surface area contributed by atoms with E-state index in [-0.39, 0.29) is 24.2 Å². The van der Waals surface area contributed by atoms with Crippen LogP contribution in [0.2, 0.25) is 0 Å². The molecule has 3 aromatic rings. The van der Waals surface area contributed by atoms with Crippen LogP contribution in [0, 0.1) is 30.2 Å². The third kappa shape index (κ3) is 4.24. The molecular weight excluding hydrogens is 446 g/mol. The van der Waals surface area contributed by atoms with Gasteiger partial charge in [-0.1, -0.05) is 0 Å². The van der Waals surface area contributed by atoms with Crippen LogP contribution in [0.5, 0.6) is 0 Å². The van der Waals surface area contributed by atoms with Gasteiger partial charge in [-0.25, -0.2) is 17.6 Å². The monoisotopic (exact) mass is 459 g/mol. The topological polar surface area (TPSA) is 64.7 Å². The van der Waals surface area contributed by atoms with Crippen LogP contribution in [-0.4, -0.2) is 25.5 Å². The second-order valence-corrected chi connectivity index (χ2v) is 6.80. The molecule has 0 aliphatic rings. The summed E-state index contributed by atoms with van der Waals surface area (Å²) < 4.78 is 57.6. The first-order valence-electron chi connectivity index (χ1n) is 8.09. The SMILES string of the molecule is Cc1c(Br)cnn1CCC(=O)Nc1ccn(Cc2c(F)c(F)cc(F)c2F)n1. The fraction of sp³-hybridized carbons (Fsp3) is 0.235. The molecule has 3 rings (SSSR count). The molecule has 0 aliphatic carbocycles. The molecule has 1 N–H and O–H groups in total. The molecule has 148 valence electrons. The van der Waals surface area contributed by atoms with E-state index in [0.717, 1.165) is 14.8 Å². The molecule has 0 aliphatic heterocycles. The number of halogens is 5. The maximum absolute atomic E-state index is 13.7. The molecule has 0 radical (unpaired) electrons. The van der Waals surface area contributed by atoms with Crippen LogP contribution in [0.1, 0.15) is 17.7 Å². The van der Waals surface area contributed by atoms with Crippen molar-refractivity contribution in [3.63, 3.8) is 0 Å². The summed E-state index contributed by atoms with van der Waals surface area (Å²) in [6, 6.07) is 1.54. The van der Waals surface area contributed by atoms with E-state index in [2.05, 4.69) is 31.4 Å². The van der Waals surface area contributed by atoms with Crippen LogP contribution < -0.4 is 5.32 Å². The summed E-state index contributed by atoms with van der Waals surface area (Å²) in [6.45, 7) is 1.66. The van der Waals surface area contributed by atoms with Gasteiger partial charge in [0, 0.05) is 30.4 Å². The maximum Gasteiger partial charge on any atom is 0.227 e. The highest BCUT2D eigenvalue weighted by Gasteiger charge is 2.19. The number of hydrogen-bond donors (Lipinski definition) is 1. The lowest BCUT2D eigenvalue weighted by Crippen LogP contribution is -2.16. The van der Waals surface area contributed by atoms with Gasteiger partial charge in [0.2, 0.25) is 5.91 Å². The van der Waals surface area contributed by atoms with Crippen molar-refractivity contribution in [2.24, 2.45) is 0 Å². The number of nitrogens with one attached hydrogen (secondary N) is 1. The fourth-order valence-electron chi connectivity index (χ4n) is 2.50. The summed E-state index contributed by atoms with van der Waals surface area (Å²) in [5.41, 5.74) is 0.0849. The molecule has 2 aromatic heterocycles. The van der Waals surface area contributed by atoms with Gasteiger partial charge < -0.3 is 5.32 Å². The zero-order valence-electron chi connectivity index (χ0n) is 14.5. The number of carbonyl (C=O) groups excluding carboxylic acids is 1. The average Bonchev–Trinajstić information content (AvgIpc) is 3.22. The van der Waals surface area contributed by atoms with Crippen LogP contribution in [0.15, 0.2) is 29.0 Å². The Kier molecular flexibility index (Phi) is 5.82. The normalized spacial score (nSPS) is 11.1. The first kappa shape index (κ1) is 20.1. The number of rotatable bonds is 6. The minimum absolute atomic E-state index is 0.125. The second kappa shape index (κ2) is 8.13. The van der Waals surface area contributed by atoms with Gasteiger partial charge in [-0.15, -0.1) is 0 Å². The molecule has 1 aromatic carbocycles. The van der Waals surface area contributed by atoms with E-state index < -0.39 is 35.4 Å². The second-order valence-electron chi connectivity index (χ2n) is 5.94. The van der Waals surface area contributed by atoms with Gasteiger partial charge in [0.1, 0.15) is 0 Å². The lowest BCUT2D eigenvalue weighted by Gasteiger charge is -2.07. The minimum atomic E-state index is -1.49. The summed E-state index contributed by atoms with van der Waals surface area (Å²) >= 11 is 3.33. The van der Waals surface area contributed by atoms with Crippen molar-refractivity contribution in [3.05, 3.63) is 63.5 Å². The highest BCUT2D eigenvalue weighted by Crippen LogP contribution is 2.20. The first-order valence-corrected chi connectivity index (χ1v) is 8.88. The van der Waals surface area contributed by atoms with Gasteiger partial charge in [0.15, 0.2) is 29.1 Å². The number of hydrogen-bond acceptors (Lipinski definition) is 3. The Morgan fingerprint density at radius 3 is 2.50 bits per heavy atom. The number of anilines is 1. The van der Waals surface area contributed by atoms with Gasteiger partial charge >= 0.3 is 0 Å². The van der Waals surface area contributed by atoms with Crippen LogP contribution in [0.3, 0.4) is 0 Å². The molecule has 6 nitrogen and oxygen atoms in total. The summed E-state index contributed by atoms with van der Waals surface area (Å²) in [5, 5.41) is 10.6. The van der Waals surface area contributed by atoms with Gasteiger partial charge in [0.05, 0.1) is 29.3 Å². The summed E-state index contributed by atoms with van der Waals surface area (Å²) in [6.07, 6.45) is 3.08. The summed E-state index contributed by atoms with van der Waals surface area (Å²) in [5.74, 6) is -6.15. The molecule has 11 heteroatoms. The van der Waals surface area contributed by atoms with Gasteiger partial charge in [-0.3, -0.25) is 14.2 Å². The van der Waals surface area contributed by atoms with E-state index in [1.54, 1.807) is 10.9 Å². The number of aryl methyl sites for hydroxylation is 1. The number of benzene rings is 1. The number of aromatic nitrogens is 4. The Labute approximate surface area is 165 Å². The zero-order chi connectivity index (χ0) is 20.4. The van der Waals surface area contributed by atoms with Gasteiger partial charge in [-0.2, -0.15) is 10.2 Å². The van der Waals surface area contributed by atoms with Crippen molar-refractivity contribution in [3.8, 4) is 0 Å². The van der Waals surface area contributed by atoms with Gasteiger partial charge in [-0.05, 0) is 22.9 Å². The molecule has 2 heterocycles. The van der Waals surface area contributed by atoms with E-state index in [0.29, 0.717) is 6.54 Å². The van der Waals surface area contributed by atoms with Crippen molar-refractivity contribution in [2.45, 2.75) is 26.4 Å². The number of nitrogens with zero attached hydrogens (tertiary/aromatic N) is 4. The Bertz CT molecular complexity index is 1010. The van der Waals surface area contributed by atoms with Gasteiger partial charge in [0.25, 0.3) is 0 Å². The Morgan fingerprint density at radius 1 is 1.21 bits per heavy atom. The van der Waals surface area contributed by atoms with Crippen molar-refractivity contribution in [1.29, 1.82) is 0 Å². The predicted molar refractivity (Wildman–Crippen MR) is 95.5 cm³/mol. The summed E-state index contributed by atoms with van der Waals surface area (Å²) in [7, 11) is 0. The molecule has 0 saturated heterocycles. The van der Waals surface area contributed by atoms with E-state index in [4.69, 9.17) is 0 Å². The Balaban J connectivity index is 1.63. The van der Waals surface area contributed by atoms with Crippen LogP contribution in [0.25, 0.3) is 0 Å². The smallest absolute Gasteiger partial charge is 0.227 e. The molecule has 0 atom stereocenters. The highest BCUT2D eigenvalue weighted by molar-refractivity contribution is 9.10. The van der Waals surface area contributed by atoms with E-state index in [1.165, 1.54) is 12.3 Å². The number of carbonyl (C=O) groups is 1. The fourth-order valence-corrected chi connectivity index (χ4v) is 2.80. The Morgan fingerprint density at radius 2 is 1.89 bits per heavy atom. The third-order valence-electron chi connectivity index (χ3n) is 4.02.